The summed E-state index contributed by atoms with van der Waals surface area (Å²) in [6, 6.07) is 2.23. The van der Waals surface area contributed by atoms with Crippen LogP contribution in [0.5, 0.6) is 5.75 Å². The van der Waals surface area contributed by atoms with Gasteiger partial charge in [-0.2, -0.15) is 12.6 Å². The van der Waals surface area contributed by atoms with E-state index < -0.39 is 0 Å². The van der Waals surface area contributed by atoms with Crippen molar-refractivity contribution in [3.05, 3.63) is 28.3 Å². The van der Waals surface area contributed by atoms with Gasteiger partial charge in [0.15, 0.2) is 0 Å². The summed E-state index contributed by atoms with van der Waals surface area (Å²) in [5, 5.41) is 3.22. The van der Waals surface area contributed by atoms with Gasteiger partial charge in [0.1, 0.15) is 5.75 Å². The molecule has 0 aliphatic heterocycles. The number of benzene rings is 1. The number of hydrogen-bond donors (Lipinski definition) is 2. The van der Waals surface area contributed by atoms with Crippen LogP contribution in [0.3, 0.4) is 0 Å². The van der Waals surface area contributed by atoms with Crippen LogP contribution < -0.4 is 10.1 Å². The lowest BCUT2D eigenvalue weighted by Crippen LogP contribution is -2.16. The van der Waals surface area contributed by atoms with Crippen molar-refractivity contribution in [3.8, 4) is 5.75 Å². The van der Waals surface area contributed by atoms with E-state index in [1.807, 2.05) is 0 Å². The van der Waals surface area contributed by atoms with Gasteiger partial charge >= 0.3 is 0 Å². The summed E-state index contributed by atoms with van der Waals surface area (Å²) < 4.78 is 5.52. The summed E-state index contributed by atoms with van der Waals surface area (Å²) in [6.45, 7) is 7.32. The molecule has 1 N–H and O–H groups in total. The fourth-order valence-electron chi connectivity index (χ4n) is 1.98. The van der Waals surface area contributed by atoms with Gasteiger partial charge in [-0.1, -0.05) is 6.07 Å². The number of hydrogen-bond acceptors (Lipinski definition) is 3. The molecule has 90 valence electrons. The topological polar surface area (TPSA) is 21.3 Å². The van der Waals surface area contributed by atoms with E-state index in [-0.39, 0.29) is 0 Å². The van der Waals surface area contributed by atoms with Crippen molar-refractivity contribution in [2.45, 2.75) is 27.2 Å². The Labute approximate surface area is 104 Å². The lowest BCUT2D eigenvalue weighted by atomic mass is 9.97. The summed E-state index contributed by atoms with van der Waals surface area (Å²) in [5.41, 5.74) is 5.15. The van der Waals surface area contributed by atoms with E-state index in [0.717, 1.165) is 18.7 Å². The second kappa shape index (κ2) is 6.16. The Morgan fingerprint density at radius 1 is 1.25 bits per heavy atom. The average molecular weight is 239 g/mol. The standard InChI is InChI=1S/C13H21NOS/c1-9-7-10(2)12(5-6-14-8-16)13(15-4)11(9)3/h7,14,16H,5-6,8H2,1-4H3. The van der Waals surface area contributed by atoms with E-state index in [9.17, 15) is 0 Å². The average Bonchev–Trinajstić information content (AvgIpc) is 2.26. The Balaban J connectivity index is 3.01. The predicted octanol–water partition coefficient (Wildman–Crippen LogP) is 2.64. The van der Waals surface area contributed by atoms with Crippen molar-refractivity contribution in [3.63, 3.8) is 0 Å². The minimum atomic E-state index is 0.714. The highest BCUT2D eigenvalue weighted by Crippen LogP contribution is 2.29. The molecular formula is C13H21NOS. The number of methoxy groups -OCH3 is 1. The van der Waals surface area contributed by atoms with Crippen molar-refractivity contribution in [2.24, 2.45) is 0 Å². The van der Waals surface area contributed by atoms with Crippen LogP contribution in [0.2, 0.25) is 0 Å². The Bertz CT molecular complexity index is 363. The summed E-state index contributed by atoms with van der Waals surface area (Å²) >= 11 is 4.14. The third kappa shape index (κ3) is 2.92. The van der Waals surface area contributed by atoms with Crippen LogP contribution in [-0.2, 0) is 6.42 Å². The second-order valence-corrected chi connectivity index (χ2v) is 4.37. The number of rotatable bonds is 5. The van der Waals surface area contributed by atoms with E-state index in [1.165, 1.54) is 22.3 Å². The molecule has 0 bridgehead atoms. The Morgan fingerprint density at radius 2 is 1.94 bits per heavy atom. The molecule has 0 radical (unpaired) electrons. The van der Waals surface area contributed by atoms with E-state index in [1.54, 1.807) is 7.11 Å². The largest absolute Gasteiger partial charge is 0.496 e. The van der Waals surface area contributed by atoms with Crippen LogP contribution in [0.15, 0.2) is 6.07 Å². The molecular weight excluding hydrogens is 218 g/mol. The van der Waals surface area contributed by atoms with Crippen molar-refractivity contribution in [2.75, 3.05) is 19.5 Å². The van der Waals surface area contributed by atoms with Gasteiger partial charge in [-0.25, -0.2) is 0 Å². The van der Waals surface area contributed by atoms with Crippen LogP contribution in [0.4, 0.5) is 0 Å². The van der Waals surface area contributed by atoms with Crippen LogP contribution in [0.1, 0.15) is 22.3 Å². The number of thiol groups is 1. The van der Waals surface area contributed by atoms with Gasteiger partial charge in [-0.15, -0.1) is 0 Å². The molecule has 0 aromatic heterocycles. The highest BCUT2D eigenvalue weighted by molar-refractivity contribution is 7.80. The molecule has 0 heterocycles. The molecule has 0 amide bonds. The summed E-state index contributed by atoms with van der Waals surface area (Å²) in [4.78, 5) is 0. The molecule has 0 aliphatic rings. The molecule has 3 heteroatoms. The van der Waals surface area contributed by atoms with Gasteiger partial charge in [0.2, 0.25) is 0 Å². The smallest absolute Gasteiger partial charge is 0.125 e. The quantitative estimate of drug-likeness (QED) is 0.468. The monoisotopic (exact) mass is 239 g/mol. The molecule has 0 spiro atoms. The van der Waals surface area contributed by atoms with Crippen molar-refractivity contribution < 1.29 is 4.74 Å². The van der Waals surface area contributed by atoms with E-state index in [0.29, 0.717) is 5.88 Å². The number of aryl methyl sites for hydroxylation is 2. The molecule has 0 atom stereocenters. The molecule has 2 nitrogen and oxygen atoms in total. The van der Waals surface area contributed by atoms with Gasteiger partial charge in [0.25, 0.3) is 0 Å². The zero-order valence-corrected chi connectivity index (χ0v) is 11.4. The molecule has 1 aromatic rings. The Kier molecular flexibility index (Phi) is 5.16. The fourth-order valence-corrected chi connectivity index (χ4v) is 2.14. The Morgan fingerprint density at radius 3 is 2.50 bits per heavy atom. The first kappa shape index (κ1) is 13.4. The lowest BCUT2D eigenvalue weighted by molar-refractivity contribution is 0.405. The normalized spacial score (nSPS) is 10.6. The van der Waals surface area contributed by atoms with Gasteiger partial charge < -0.3 is 10.1 Å². The lowest BCUT2D eigenvalue weighted by Gasteiger charge is -2.16. The first-order valence-electron chi connectivity index (χ1n) is 5.57. The molecule has 16 heavy (non-hydrogen) atoms. The predicted molar refractivity (Wildman–Crippen MR) is 72.8 cm³/mol. The first-order chi connectivity index (χ1) is 7.61. The third-order valence-corrected chi connectivity index (χ3v) is 3.21. The highest BCUT2D eigenvalue weighted by Gasteiger charge is 2.11. The maximum absolute atomic E-state index is 5.52. The molecule has 1 rings (SSSR count). The minimum Gasteiger partial charge on any atom is -0.496 e. The van der Waals surface area contributed by atoms with Gasteiger partial charge in [-0.05, 0) is 49.4 Å². The summed E-state index contributed by atoms with van der Waals surface area (Å²) in [6.07, 6.45) is 0.983. The number of nitrogens with one attached hydrogen (secondary N) is 1. The van der Waals surface area contributed by atoms with E-state index >= 15 is 0 Å². The van der Waals surface area contributed by atoms with Crippen molar-refractivity contribution in [1.29, 1.82) is 0 Å². The van der Waals surface area contributed by atoms with Crippen molar-refractivity contribution >= 4 is 12.6 Å². The van der Waals surface area contributed by atoms with Crippen LogP contribution in [0, 0.1) is 20.8 Å². The molecule has 0 saturated carbocycles. The Hall–Kier alpha value is -0.670. The zero-order chi connectivity index (χ0) is 12.1. The van der Waals surface area contributed by atoms with E-state index in [4.69, 9.17) is 4.74 Å². The summed E-state index contributed by atoms with van der Waals surface area (Å²) in [5.74, 6) is 1.75. The maximum atomic E-state index is 5.52. The fraction of sp³-hybridized carbons (Fsp3) is 0.538. The van der Waals surface area contributed by atoms with Crippen LogP contribution in [0.25, 0.3) is 0 Å². The van der Waals surface area contributed by atoms with Crippen molar-refractivity contribution in [1.82, 2.24) is 5.32 Å². The zero-order valence-electron chi connectivity index (χ0n) is 10.6. The van der Waals surface area contributed by atoms with Crippen LogP contribution in [-0.4, -0.2) is 19.5 Å². The molecule has 0 unspecified atom stereocenters. The van der Waals surface area contributed by atoms with Gasteiger partial charge in [-0.3, -0.25) is 0 Å². The molecule has 1 aromatic carbocycles. The molecule has 0 saturated heterocycles. The maximum Gasteiger partial charge on any atom is 0.125 e. The minimum absolute atomic E-state index is 0.714. The first-order valence-corrected chi connectivity index (χ1v) is 6.20. The molecule has 0 aliphatic carbocycles. The second-order valence-electron chi connectivity index (χ2n) is 4.06. The number of ether oxygens (including phenoxy) is 1. The van der Waals surface area contributed by atoms with E-state index in [2.05, 4.69) is 44.8 Å². The highest BCUT2D eigenvalue weighted by atomic mass is 32.1. The summed E-state index contributed by atoms with van der Waals surface area (Å²) in [7, 11) is 1.75. The SMILES string of the molecule is COc1c(C)c(C)cc(C)c1CCNCS. The third-order valence-electron chi connectivity index (χ3n) is 2.98. The van der Waals surface area contributed by atoms with Gasteiger partial charge in [0, 0.05) is 12.4 Å². The van der Waals surface area contributed by atoms with Gasteiger partial charge in [0.05, 0.1) is 7.11 Å². The van der Waals surface area contributed by atoms with Crippen LogP contribution >= 0.6 is 12.6 Å². The molecule has 0 fully saturated rings.